The molecule has 0 aromatic heterocycles. The van der Waals surface area contributed by atoms with Crippen molar-refractivity contribution in [2.75, 3.05) is 5.88 Å². The van der Waals surface area contributed by atoms with Crippen molar-refractivity contribution in [2.45, 2.75) is 19.3 Å². The fraction of sp³-hybridized carbons (Fsp3) is 0.400. The van der Waals surface area contributed by atoms with E-state index in [1.807, 2.05) is 0 Å². The Bertz CT molecular complexity index is 226. The summed E-state index contributed by atoms with van der Waals surface area (Å²) in [6, 6.07) is 8.37. The molecule has 1 rings (SSSR count). The first-order chi connectivity index (χ1) is 5.77. The van der Waals surface area contributed by atoms with Gasteiger partial charge in [0, 0.05) is 10.4 Å². The van der Waals surface area contributed by atoms with Crippen molar-refractivity contribution < 1.29 is 0 Å². The standard InChI is InChI=1S/C10H12BrCl/c1-2-8(7-12)9-3-5-10(11)6-4-9/h3-6,8H,2,7H2,1H3. The van der Waals surface area contributed by atoms with Crippen LogP contribution in [-0.4, -0.2) is 5.88 Å². The van der Waals surface area contributed by atoms with E-state index in [0.717, 1.165) is 10.9 Å². The van der Waals surface area contributed by atoms with Gasteiger partial charge in [0.25, 0.3) is 0 Å². The second-order valence-electron chi connectivity index (χ2n) is 2.81. The number of hydrogen-bond acceptors (Lipinski definition) is 0. The van der Waals surface area contributed by atoms with Gasteiger partial charge in [0.1, 0.15) is 0 Å². The van der Waals surface area contributed by atoms with Gasteiger partial charge in [0.2, 0.25) is 0 Å². The van der Waals surface area contributed by atoms with E-state index in [1.54, 1.807) is 0 Å². The molecule has 0 aliphatic heterocycles. The summed E-state index contributed by atoms with van der Waals surface area (Å²) < 4.78 is 1.12. The zero-order valence-corrected chi connectivity index (χ0v) is 9.40. The van der Waals surface area contributed by atoms with Gasteiger partial charge < -0.3 is 0 Å². The Morgan fingerprint density at radius 2 is 1.92 bits per heavy atom. The van der Waals surface area contributed by atoms with Crippen molar-refractivity contribution >= 4 is 27.5 Å². The zero-order valence-electron chi connectivity index (χ0n) is 7.06. The highest BCUT2D eigenvalue weighted by Crippen LogP contribution is 2.22. The van der Waals surface area contributed by atoms with Crippen LogP contribution in [0.25, 0.3) is 0 Å². The van der Waals surface area contributed by atoms with Gasteiger partial charge in [-0.15, -0.1) is 11.6 Å². The molecule has 2 heteroatoms. The minimum Gasteiger partial charge on any atom is -0.126 e. The summed E-state index contributed by atoms with van der Waals surface area (Å²) in [5.74, 6) is 1.21. The molecule has 1 atom stereocenters. The summed E-state index contributed by atoms with van der Waals surface area (Å²) in [6.07, 6.45) is 1.10. The van der Waals surface area contributed by atoms with Crippen molar-refractivity contribution in [3.63, 3.8) is 0 Å². The van der Waals surface area contributed by atoms with Gasteiger partial charge in [-0.2, -0.15) is 0 Å². The first-order valence-electron chi connectivity index (χ1n) is 4.09. The molecule has 0 saturated heterocycles. The summed E-state index contributed by atoms with van der Waals surface area (Å²) in [5.41, 5.74) is 1.33. The lowest BCUT2D eigenvalue weighted by Gasteiger charge is -2.10. The molecule has 0 radical (unpaired) electrons. The van der Waals surface area contributed by atoms with E-state index in [2.05, 4.69) is 47.1 Å². The molecule has 0 N–H and O–H groups in total. The molecule has 1 unspecified atom stereocenters. The highest BCUT2D eigenvalue weighted by Gasteiger charge is 2.06. The average molecular weight is 248 g/mol. The molecule has 0 heterocycles. The van der Waals surface area contributed by atoms with E-state index in [-0.39, 0.29) is 0 Å². The van der Waals surface area contributed by atoms with Gasteiger partial charge in [-0.25, -0.2) is 0 Å². The Kier molecular flexibility index (Phi) is 4.10. The lowest BCUT2D eigenvalue weighted by molar-refractivity contribution is 0.740. The molecule has 0 spiro atoms. The number of hydrogen-bond donors (Lipinski definition) is 0. The summed E-state index contributed by atoms with van der Waals surface area (Å²) in [7, 11) is 0. The van der Waals surface area contributed by atoms with E-state index in [4.69, 9.17) is 11.6 Å². The fourth-order valence-corrected chi connectivity index (χ4v) is 1.83. The Morgan fingerprint density at radius 1 is 1.33 bits per heavy atom. The molecular formula is C10H12BrCl. The third-order valence-electron chi connectivity index (χ3n) is 2.02. The van der Waals surface area contributed by atoms with E-state index in [1.165, 1.54) is 5.56 Å². The molecule has 0 aliphatic carbocycles. The smallest absolute Gasteiger partial charge is 0.0292 e. The maximum absolute atomic E-state index is 5.83. The van der Waals surface area contributed by atoms with Crippen LogP contribution in [0.2, 0.25) is 0 Å². The Labute approximate surface area is 87.1 Å². The van der Waals surface area contributed by atoms with Gasteiger partial charge in [-0.3, -0.25) is 0 Å². The topological polar surface area (TPSA) is 0 Å². The van der Waals surface area contributed by atoms with Crippen molar-refractivity contribution in [1.29, 1.82) is 0 Å². The molecule has 0 aliphatic rings. The Morgan fingerprint density at radius 3 is 2.33 bits per heavy atom. The predicted molar refractivity (Wildman–Crippen MR) is 57.9 cm³/mol. The minimum absolute atomic E-state index is 0.500. The van der Waals surface area contributed by atoms with Crippen molar-refractivity contribution in [2.24, 2.45) is 0 Å². The summed E-state index contributed by atoms with van der Waals surface area (Å²) in [4.78, 5) is 0. The maximum atomic E-state index is 5.83. The van der Waals surface area contributed by atoms with Crippen LogP contribution in [-0.2, 0) is 0 Å². The molecule has 0 amide bonds. The monoisotopic (exact) mass is 246 g/mol. The first kappa shape index (κ1) is 10.1. The van der Waals surface area contributed by atoms with Crippen molar-refractivity contribution in [3.05, 3.63) is 34.3 Å². The largest absolute Gasteiger partial charge is 0.126 e. The second kappa shape index (κ2) is 4.88. The van der Waals surface area contributed by atoms with Gasteiger partial charge in [-0.05, 0) is 30.0 Å². The molecule has 66 valence electrons. The number of halogens is 2. The lowest BCUT2D eigenvalue weighted by atomic mass is 9.99. The first-order valence-corrected chi connectivity index (χ1v) is 5.42. The average Bonchev–Trinajstić information content (AvgIpc) is 2.10. The van der Waals surface area contributed by atoms with E-state index < -0.39 is 0 Å². The van der Waals surface area contributed by atoms with Gasteiger partial charge in [-0.1, -0.05) is 35.0 Å². The Hall–Kier alpha value is -0.0100. The summed E-state index contributed by atoms with van der Waals surface area (Å²) >= 11 is 9.24. The molecule has 0 bridgehead atoms. The van der Waals surface area contributed by atoms with Crippen molar-refractivity contribution in [3.8, 4) is 0 Å². The van der Waals surface area contributed by atoms with E-state index in [9.17, 15) is 0 Å². The van der Waals surface area contributed by atoms with Crippen LogP contribution < -0.4 is 0 Å². The maximum Gasteiger partial charge on any atom is 0.0292 e. The minimum atomic E-state index is 0.500. The number of rotatable bonds is 3. The van der Waals surface area contributed by atoms with Crippen molar-refractivity contribution in [1.82, 2.24) is 0 Å². The highest BCUT2D eigenvalue weighted by molar-refractivity contribution is 9.10. The summed E-state index contributed by atoms with van der Waals surface area (Å²) in [5, 5.41) is 0. The van der Waals surface area contributed by atoms with Crippen LogP contribution in [0.4, 0.5) is 0 Å². The summed E-state index contributed by atoms with van der Waals surface area (Å²) in [6.45, 7) is 2.16. The van der Waals surface area contributed by atoms with Crippen LogP contribution in [0, 0.1) is 0 Å². The quantitative estimate of drug-likeness (QED) is 0.703. The van der Waals surface area contributed by atoms with Gasteiger partial charge in [0.05, 0.1) is 0 Å². The van der Waals surface area contributed by atoms with Gasteiger partial charge >= 0.3 is 0 Å². The van der Waals surface area contributed by atoms with Crippen LogP contribution in [0.3, 0.4) is 0 Å². The van der Waals surface area contributed by atoms with Crippen LogP contribution in [0.5, 0.6) is 0 Å². The van der Waals surface area contributed by atoms with E-state index >= 15 is 0 Å². The zero-order chi connectivity index (χ0) is 8.97. The SMILES string of the molecule is CCC(CCl)c1ccc(Br)cc1. The van der Waals surface area contributed by atoms with Gasteiger partial charge in [0.15, 0.2) is 0 Å². The molecule has 0 fully saturated rings. The molecular weight excluding hydrogens is 235 g/mol. The third kappa shape index (κ3) is 2.49. The fourth-order valence-electron chi connectivity index (χ4n) is 1.17. The van der Waals surface area contributed by atoms with Crippen LogP contribution in [0.15, 0.2) is 28.7 Å². The third-order valence-corrected chi connectivity index (χ3v) is 2.92. The lowest BCUT2D eigenvalue weighted by Crippen LogP contribution is -1.97. The molecule has 0 nitrogen and oxygen atoms in total. The normalized spacial score (nSPS) is 12.9. The number of alkyl halides is 1. The Balaban J connectivity index is 2.80. The van der Waals surface area contributed by atoms with Crippen LogP contribution >= 0.6 is 27.5 Å². The highest BCUT2D eigenvalue weighted by atomic mass is 79.9. The van der Waals surface area contributed by atoms with E-state index in [0.29, 0.717) is 11.8 Å². The number of benzene rings is 1. The molecule has 0 saturated carbocycles. The van der Waals surface area contributed by atoms with Crippen LogP contribution in [0.1, 0.15) is 24.8 Å². The molecule has 1 aromatic rings. The molecule has 1 aromatic carbocycles. The molecule has 12 heavy (non-hydrogen) atoms. The second-order valence-corrected chi connectivity index (χ2v) is 4.04. The predicted octanol–water partition coefficient (Wildman–Crippen LogP) is 4.18.